The largest absolute Gasteiger partial charge is 0.322 e. The average Bonchev–Trinajstić information content (AvgIpc) is 2.70. The second-order valence-electron chi connectivity index (χ2n) is 7.13. The topological polar surface area (TPSA) is 109 Å². The third-order valence-corrected chi connectivity index (χ3v) is 6.76. The van der Waals surface area contributed by atoms with Crippen LogP contribution in [0.3, 0.4) is 0 Å². The minimum absolute atomic E-state index is 0.169. The van der Waals surface area contributed by atoms with E-state index in [0.717, 1.165) is 6.26 Å². The fraction of sp³-hybridized carbons (Fsp3) is 0.136. The highest BCUT2D eigenvalue weighted by molar-refractivity contribution is 7.92. The Bertz CT molecular complexity index is 1300. The molecule has 1 amide bonds. The van der Waals surface area contributed by atoms with Crippen molar-refractivity contribution < 1.29 is 21.6 Å². The number of amides is 1. The van der Waals surface area contributed by atoms with Gasteiger partial charge in [-0.3, -0.25) is 9.52 Å². The van der Waals surface area contributed by atoms with Gasteiger partial charge in [-0.2, -0.15) is 0 Å². The average molecular weight is 459 g/mol. The second kappa shape index (κ2) is 8.91. The van der Waals surface area contributed by atoms with Gasteiger partial charge in [-0.15, -0.1) is 0 Å². The van der Waals surface area contributed by atoms with E-state index >= 15 is 0 Å². The van der Waals surface area contributed by atoms with E-state index in [4.69, 9.17) is 0 Å². The van der Waals surface area contributed by atoms with Crippen LogP contribution in [0.2, 0.25) is 0 Å². The molecule has 31 heavy (non-hydrogen) atoms. The molecule has 0 saturated carbocycles. The Morgan fingerprint density at radius 3 is 2.13 bits per heavy atom. The number of carbonyl (C=O) groups is 1. The standard InChI is InChI=1S/C22H22N2O5S2/c1-16-8-13-19(14-21(16)24-30(2,26)27)23-22(25)18-11-9-17(10-12-18)15-31(28,29)20-6-4-3-5-7-20/h3-14,24H,15H2,1-2H3,(H,23,25). The molecule has 3 aromatic rings. The molecule has 7 nitrogen and oxygen atoms in total. The van der Waals surface area contributed by atoms with Crippen LogP contribution < -0.4 is 10.0 Å². The van der Waals surface area contributed by atoms with E-state index in [9.17, 15) is 21.6 Å². The number of sulfonamides is 1. The van der Waals surface area contributed by atoms with Crippen molar-refractivity contribution in [1.29, 1.82) is 0 Å². The number of hydrogen-bond acceptors (Lipinski definition) is 5. The molecule has 2 N–H and O–H groups in total. The summed E-state index contributed by atoms with van der Waals surface area (Å²) >= 11 is 0. The predicted octanol–water partition coefficient (Wildman–Crippen LogP) is 3.59. The van der Waals surface area contributed by atoms with Gasteiger partial charge in [-0.1, -0.05) is 36.4 Å². The highest BCUT2D eigenvalue weighted by Gasteiger charge is 2.15. The van der Waals surface area contributed by atoms with Gasteiger partial charge in [0.2, 0.25) is 10.0 Å². The van der Waals surface area contributed by atoms with E-state index in [-0.39, 0.29) is 10.6 Å². The monoisotopic (exact) mass is 458 g/mol. The Labute approximate surface area is 182 Å². The maximum Gasteiger partial charge on any atom is 0.255 e. The van der Waals surface area contributed by atoms with Crippen LogP contribution in [0.4, 0.5) is 11.4 Å². The van der Waals surface area contributed by atoms with Gasteiger partial charge >= 0.3 is 0 Å². The molecule has 0 aliphatic rings. The summed E-state index contributed by atoms with van der Waals surface area (Å²) in [4.78, 5) is 12.8. The summed E-state index contributed by atoms with van der Waals surface area (Å²) in [5.74, 6) is -0.566. The molecule has 0 bridgehead atoms. The number of anilines is 2. The lowest BCUT2D eigenvalue weighted by molar-refractivity contribution is 0.102. The highest BCUT2D eigenvalue weighted by Crippen LogP contribution is 2.22. The van der Waals surface area contributed by atoms with Crippen molar-refractivity contribution in [2.45, 2.75) is 17.6 Å². The molecule has 3 rings (SSSR count). The summed E-state index contributed by atoms with van der Waals surface area (Å²) in [5.41, 5.74) is 2.43. The summed E-state index contributed by atoms with van der Waals surface area (Å²) in [6, 6.07) is 19.4. The Morgan fingerprint density at radius 2 is 1.52 bits per heavy atom. The Morgan fingerprint density at radius 1 is 0.871 bits per heavy atom. The first kappa shape index (κ1) is 22.5. The number of aryl methyl sites for hydroxylation is 1. The van der Waals surface area contributed by atoms with E-state index in [2.05, 4.69) is 10.0 Å². The molecule has 0 heterocycles. The summed E-state index contributed by atoms with van der Waals surface area (Å²) < 4.78 is 50.4. The molecule has 9 heteroatoms. The molecular formula is C22H22N2O5S2. The van der Waals surface area contributed by atoms with Crippen LogP contribution in [0.25, 0.3) is 0 Å². The van der Waals surface area contributed by atoms with E-state index in [0.29, 0.717) is 28.1 Å². The van der Waals surface area contributed by atoms with Crippen LogP contribution in [-0.2, 0) is 25.6 Å². The van der Waals surface area contributed by atoms with Crippen molar-refractivity contribution in [3.05, 3.63) is 89.5 Å². The van der Waals surface area contributed by atoms with Gasteiger partial charge in [0.15, 0.2) is 9.84 Å². The second-order valence-corrected chi connectivity index (χ2v) is 10.9. The number of benzene rings is 3. The molecule has 0 saturated heterocycles. The Balaban J connectivity index is 1.72. The fourth-order valence-corrected chi connectivity index (χ4v) is 4.88. The van der Waals surface area contributed by atoms with Gasteiger partial charge in [-0.25, -0.2) is 16.8 Å². The van der Waals surface area contributed by atoms with Crippen molar-refractivity contribution in [2.75, 3.05) is 16.3 Å². The molecule has 0 spiro atoms. The third-order valence-electron chi connectivity index (χ3n) is 4.47. The van der Waals surface area contributed by atoms with Crippen molar-refractivity contribution in [2.24, 2.45) is 0 Å². The molecule has 162 valence electrons. The zero-order chi connectivity index (χ0) is 22.6. The quantitative estimate of drug-likeness (QED) is 0.562. The third kappa shape index (κ3) is 6.16. The fourth-order valence-electron chi connectivity index (χ4n) is 2.90. The molecule has 0 aliphatic carbocycles. The van der Waals surface area contributed by atoms with Gasteiger partial charge in [0.1, 0.15) is 0 Å². The molecule has 0 fully saturated rings. The number of sulfone groups is 1. The number of rotatable bonds is 7. The normalized spacial score (nSPS) is 11.7. The SMILES string of the molecule is Cc1ccc(NC(=O)c2ccc(CS(=O)(=O)c3ccccc3)cc2)cc1NS(C)(=O)=O. The summed E-state index contributed by atoms with van der Waals surface area (Å²) in [5, 5.41) is 2.71. The number of nitrogens with one attached hydrogen (secondary N) is 2. The zero-order valence-electron chi connectivity index (χ0n) is 17.0. The summed E-state index contributed by atoms with van der Waals surface area (Å²) in [7, 11) is -6.92. The van der Waals surface area contributed by atoms with Gasteiger partial charge < -0.3 is 5.32 Å². The molecule has 0 aromatic heterocycles. The van der Waals surface area contributed by atoms with Gasteiger partial charge in [-0.05, 0) is 54.4 Å². The van der Waals surface area contributed by atoms with Crippen LogP contribution in [0.15, 0.2) is 77.7 Å². The van der Waals surface area contributed by atoms with Gasteiger partial charge in [0.25, 0.3) is 5.91 Å². The predicted molar refractivity (Wildman–Crippen MR) is 121 cm³/mol. The smallest absolute Gasteiger partial charge is 0.255 e. The lowest BCUT2D eigenvalue weighted by Crippen LogP contribution is -2.14. The number of carbonyl (C=O) groups excluding carboxylic acids is 1. The van der Waals surface area contributed by atoms with Crippen LogP contribution in [0, 0.1) is 6.92 Å². The Kier molecular flexibility index (Phi) is 6.47. The zero-order valence-corrected chi connectivity index (χ0v) is 18.6. The Hall–Kier alpha value is -3.17. The maximum atomic E-state index is 12.5. The molecule has 0 atom stereocenters. The minimum atomic E-state index is -3.48. The molecule has 0 unspecified atom stereocenters. The van der Waals surface area contributed by atoms with E-state index < -0.39 is 25.8 Å². The van der Waals surface area contributed by atoms with Crippen molar-refractivity contribution in [3.8, 4) is 0 Å². The molecule has 0 radical (unpaired) electrons. The maximum absolute atomic E-state index is 12.5. The first-order valence-electron chi connectivity index (χ1n) is 9.30. The van der Waals surface area contributed by atoms with Crippen LogP contribution in [0.5, 0.6) is 0 Å². The van der Waals surface area contributed by atoms with E-state index in [1.54, 1.807) is 73.7 Å². The van der Waals surface area contributed by atoms with E-state index in [1.165, 1.54) is 6.07 Å². The highest BCUT2D eigenvalue weighted by atomic mass is 32.2. The summed E-state index contributed by atoms with van der Waals surface area (Å²) in [6.07, 6.45) is 1.05. The lowest BCUT2D eigenvalue weighted by atomic mass is 10.1. The molecular weight excluding hydrogens is 436 g/mol. The van der Waals surface area contributed by atoms with Gasteiger partial charge in [0.05, 0.1) is 22.6 Å². The molecule has 3 aromatic carbocycles. The van der Waals surface area contributed by atoms with Gasteiger partial charge in [0, 0.05) is 11.3 Å². The van der Waals surface area contributed by atoms with E-state index in [1.807, 2.05) is 0 Å². The van der Waals surface area contributed by atoms with Crippen molar-refractivity contribution in [3.63, 3.8) is 0 Å². The molecule has 0 aliphatic heterocycles. The number of hydrogen-bond donors (Lipinski definition) is 2. The minimum Gasteiger partial charge on any atom is -0.322 e. The first-order chi connectivity index (χ1) is 14.5. The summed E-state index contributed by atoms with van der Waals surface area (Å²) in [6.45, 7) is 1.75. The van der Waals surface area contributed by atoms with Crippen LogP contribution in [0.1, 0.15) is 21.5 Å². The lowest BCUT2D eigenvalue weighted by Gasteiger charge is -2.11. The van der Waals surface area contributed by atoms with Crippen LogP contribution >= 0.6 is 0 Å². The van der Waals surface area contributed by atoms with Crippen LogP contribution in [-0.4, -0.2) is 29.0 Å². The van der Waals surface area contributed by atoms with Crippen molar-refractivity contribution in [1.82, 2.24) is 0 Å². The first-order valence-corrected chi connectivity index (χ1v) is 12.8. The van der Waals surface area contributed by atoms with Crippen molar-refractivity contribution >= 4 is 37.1 Å².